The van der Waals surface area contributed by atoms with E-state index in [1.165, 1.54) is 23.1 Å². The molecule has 19 heavy (non-hydrogen) atoms. The Morgan fingerprint density at radius 3 is 3.05 bits per heavy atom. The van der Waals surface area contributed by atoms with Crippen LogP contribution in [-0.4, -0.2) is 47.7 Å². The Morgan fingerprint density at radius 1 is 1.58 bits per heavy atom. The van der Waals surface area contributed by atoms with Crippen LogP contribution in [0.25, 0.3) is 0 Å². The first kappa shape index (κ1) is 13.3. The first-order valence-electron chi connectivity index (χ1n) is 5.75. The smallest absolute Gasteiger partial charge is 0.254 e. The lowest BCUT2D eigenvalue weighted by molar-refractivity contribution is 0.00674. The van der Waals surface area contributed by atoms with Crippen molar-refractivity contribution >= 4 is 11.7 Å². The summed E-state index contributed by atoms with van der Waals surface area (Å²) in [6.07, 6.45) is -0.642. The van der Waals surface area contributed by atoms with E-state index < -0.39 is 11.9 Å². The molecule has 1 aliphatic heterocycles. The Morgan fingerprint density at radius 2 is 2.37 bits per heavy atom. The monoisotopic (exact) mass is 267 g/mol. The predicted molar refractivity (Wildman–Crippen MR) is 65.5 cm³/mol. The fourth-order valence-electron chi connectivity index (χ4n) is 1.88. The van der Waals surface area contributed by atoms with Gasteiger partial charge in [-0.1, -0.05) is 11.2 Å². The maximum absolute atomic E-state index is 13.1. The minimum absolute atomic E-state index is 0.0863. The molecule has 7 heteroatoms. The van der Waals surface area contributed by atoms with E-state index in [4.69, 9.17) is 15.7 Å². The van der Waals surface area contributed by atoms with Gasteiger partial charge < -0.3 is 20.6 Å². The number of hydrogen-bond donors (Lipinski definition) is 2. The second-order valence-corrected chi connectivity index (χ2v) is 4.15. The lowest BCUT2D eigenvalue weighted by atomic mass is 10.1. The zero-order valence-electron chi connectivity index (χ0n) is 10.1. The number of oxime groups is 1. The molecule has 0 spiro atoms. The Labute approximate surface area is 109 Å². The molecule has 1 aliphatic rings. The van der Waals surface area contributed by atoms with E-state index in [1.54, 1.807) is 6.07 Å². The van der Waals surface area contributed by atoms with Gasteiger partial charge in [-0.3, -0.25) is 4.79 Å². The summed E-state index contributed by atoms with van der Waals surface area (Å²) in [4.78, 5) is 13.7. The average Bonchev–Trinajstić information content (AvgIpc) is 2.45. The highest BCUT2D eigenvalue weighted by Gasteiger charge is 2.27. The standard InChI is InChI=1S/C12H14FN3O3/c13-9-3-1-2-8(6-9)12(17)16-4-5-19-10(7-16)11(14)15-18/h1-3,6,10,18H,4-5,7H2,(H2,14,15). The van der Waals surface area contributed by atoms with Crippen molar-refractivity contribution in [2.45, 2.75) is 6.10 Å². The quantitative estimate of drug-likeness (QED) is 0.351. The number of hydrogen-bond acceptors (Lipinski definition) is 4. The van der Waals surface area contributed by atoms with Gasteiger partial charge in [0.15, 0.2) is 5.84 Å². The fraction of sp³-hybridized carbons (Fsp3) is 0.333. The topological polar surface area (TPSA) is 88.2 Å². The first-order valence-corrected chi connectivity index (χ1v) is 5.75. The predicted octanol–water partition coefficient (Wildman–Crippen LogP) is 0.413. The van der Waals surface area contributed by atoms with Gasteiger partial charge in [0.2, 0.25) is 0 Å². The molecule has 6 nitrogen and oxygen atoms in total. The van der Waals surface area contributed by atoms with Crippen LogP contribution in [0.1, 0.15) is 10.4 Å². The van der Waals surface area contributed by atoms with Gasteiger partial charge in [-0.25, -0.2) is 4.39 Å². The summed E-state index contributed by atoms with van der Waals surface area (Å²) in [5.41, 5.74) is 5.71. The molecular weight excluding hydrogens is 253 g/mol. The lowest BCUT2D eigenvalue weighted by Crippen LogP contribution is -2.50. The van der Waals surface area contributed by atoms with Crippen molar-refractivity contribution in [2.24, 2.45) is 10.9 Å². The van der Waals surface area contributed by atoms with Crippen LogP contribution in [-0.2, 0) is 4.74 Å². The van der Waals surface area contributed by atoms with Crippen LogP contribution >= 0.6 is 0 Å². The molecule has 0 saturated carbocycles. The molecule has 1 aromatic carbocycles. The molecule has 0 radical (unpaired) electrons. The number of carbonyl (C=O) groups is 1. The molecular formula is C12H14FN3O3. The molecule has 3 N–H and O–H groups in total. The molecule has 102 valence electrons. The summed E-state index contributed by atoms with van der Waals surface area (Å²) in [6, 6.07) is 5.47. The van der Waals surface area contributed by atoms with Crippen LogP contribution < -0.4 is 5.73 Å². The van der Waals surface area contributed by atoms with Crippen molar-refractivity contribution in [1.29, 1.82) is 0 Å². The summed E-state index contributed by atoms with van der Waals surface area (Å²) in [6.45, 7) is 0.831. The number of halogens is 1. The zero-order chi connectivity index (χ0) is 13.8. The number of nitrogens with two attached hydrogens (primary N) is 1. The number of carbonyl (C=O) groups excluding carboxylic acids is 1. The third-order valence-electron chi connectivity index (χ3n) is 2.87. The van der Waals surface area contributed by atoms with E-state index in [1.807, 2.05) is 0 Å². The summed E-state index contributed by atoms with van der Waals surface area (Å²) >= 11 is 0. The van der Waals surface area contributed by atoms with Gasteiger partial charge in [0.05, 0.1) is 13.2 Å². The van der Waals surface area contributed by atoms with Crippen molar-refractivity contribution in [1.82, 2.24) is 4.90 Å². The average molecular weight is 267 g/mol. The molecule has 1 atom stereocenters. The van der Waals surface area contributed by atoms with Crippen molar-refractivity contribution in [3.05, 3.63) is 35.6 Å². The molecule has 1 fully saturated rings. The third kappa shape index (κ3) is 3.00. The van der Waals surface area contributed by atoms with E-state index in [9.17, 15) is 9.18 Å². The second-order valence-electron chi connectivity index (χ2n) is 4.15. The molecule has 0 aliphatic carbocycles. The molecule has 1 heterocycles. The minimum Gasteiger partial charge on any atom is -0.409 e. The lowest BCUT2D eigenvalue weighted by Gasteiger charge is -2.32. The minimum atomic E-state index is -0.642. The number of morpholine rings is 1. The number of amidine groups is 1. The highest BCUT2D eigenvalue weighted by molar-refractivity contribution is 5.95. The number of nitrogens with zero attached hydrogens (tertiary/aromatic N) is 2. The van der Waals surface area contributed by atoms with Crippen LogP contribution in [0.3, 0.4) is 0 Å². The van der Waals surface area contributed by atoms with Gasteiger partial charge in [0, 0.05) is 12.1 Å². The molecule has 0 bridgehead atoms. The SMILES string of the molecule is NC(=NO)C1CN(C(=O)c2cccc(F)c2)CCO1. The van der Waals surface area contributed by atoms with Crippen molar-refractivity contribution in [2.75, 3.05) is 19.7 Å². The number of ether oxygens (including phenoxy) is 1. The van der Waals surface area contributed by atoms with Crippen LogP contribution in [0, 0.1) is 5.82 Å². The highest BCUT2D eigenvalue weighted by Crippen LogP contribution is 2.12. The van der Waals surface area contributed by atoms with E-state index in [2.05, 4.69) is 5.16 Å². The van der Waals surface area contributed by atoms with E-state index in [0.717, 1.165) is 0 Å². The summed E-state index contributed by atoms with van der Waals surface area (Å²) < 4.78 is 18.4. The summed E-state index contributed by atoms with van der Waals surface area (Å²) in [7, 11) is 0. The van der Waals surface area contributed by atoms with Gasteiger partial charge in [-0.15, -0.1) is 0 Å². The van der Waals surface area contributed by atoms with Crippen molar-refractivity contribution in [3.63, 3.8) is 0 Å². The molecule has 1 amide bonds. The van der Waals surface area contributed by atoms with Crippen LogP contribution in [0.5, 0.6) is 0 Å². The Hall–Kier alpha value is -2.15. The van der Waals surface area contributed by atoms with Gasteiger partial charge in [-0.05, 0) is 18.2 Å². The third-order valence-corrected chi connectivity index (χ3v) is 2.87. The van der Waals surface area contributed by atoms with E-state index in [0.29, 0.717) is 6.54 Å². The van der Waals surface area contributed by atoms with E-state index >= 15 is 0 Å². The number of benzene rings is 1. The van der Waals surface area contributed by atoms with Gasteiger partial charge in [0.25, 0.3) is 5.91 Å². The van der Waals surface area contributed by atoms with E-state index in [-0.39, 0.29) is 30.5 Å². The van der Waals surface area contributed by atoms with Crippen LogP contribution in [0.15, 0.2) is 29.4 Å². The molecule has 2 rings (SSSR count). The van der Waals surface area contributed by atoms with Crippen LogP contribution in [0.4, 0.5) is 4.39 Å². The highest BCUT2D eigenvalue weighted by atomic mass is 19.1. The largest absolute Gasteiger partial charge is 0.409 e. The summed E-state index contributed by atoms with van der Waals surface area (Å²) in [5.74, 6) is -0.859. The Balaban J connectivity index is 2.11. The Bertz CT molecular complexity index is 507. The molecule has 0 aromatic heterocycles. The maximum Gasteiger partial charge on any atom is 0.254 e. The first-order chi connectivity index (χ1) is 9.11. The molecule has 1 saturated heterocycles. The number of rotatable bonds is 2. The van der Waals surface area contributed by atoms with Gasteiger partial charge >= 0.3 is 0 Å². The van der Waals surface area contributed by atoms with Crippen molar-refractivity contribution < 1.29 is 19.1 Å². The van der Waals surface area contributed by atoms with Crippen molar-refractivity contribution in [3.8, 4) is 0 Å². The fourth-order valence-corrected chi connectivity index (χ4v) is 1.88. The number of amides is 1. The molecule has 1 unspecified atom stereocenters. The second kappa shape index (κ2) is 5.66. The van der Waals surface area contributed by atoms with Crippen LogP contribution in [0.2, 0.25) is 0 Å². The van der Waals surface area contributed by atoms with Gasteiger partial charge in [-0.2, -0.15) is 0 Å². The summed E-state index contributed by atoms with van der Waals surface area (Å²) in [5, 5.41) is 11.5. The maximum atomic E-state index is 13.1. The van der Waals surface area contributed by atoms with Gasteiger partial charge in [0.1, 0.15) is 11.9 Å². The zero-order valence-corrected chi connectivity index (χ0v) is 10.1. The normalized spacial score (nSPS) is 20.4. The molecule has 1 aromatic rings. The Kier molecular flexibility index (Phi) is 3.96.